The van der Waals surface area contributed by atoms with Gasteiger partial charge in [-0.15, -0.1) is 0 Å². The second-order valence-corrected chi connectivity index (χ2v) is 26.9. The molecule has 8 heterocycles. The van der Waals surface area contributed by atoms with Gasteiger partial charge < -0.3 is 48.6 Å². The number of nitro groups is 1. The monoisotopic (exact) mass is 1190 g/mol. The summed E-state index contributed by atoms with van der Waals surface area (Å²) in [7, 11) is -3.04. The van der Waals surface area contributed by atoms with E-state index >= 15 is 0 Å². The maximum absolute atomic E-state index is 14.9. The fourth-order valence-electron chi connectivity index (χ4n) is 14.4. The largest absolute Gasteiger partial charge is 0.491 e. The molecule has 3 atom stereocenters. The first kappa shape index (κ1) is 57.6. The number of aromatic nitrogens is 3. The number of furan rings is 1. The number of carbonyl (C=O) groups is 1. The van der Waals surface area contributed by atoms with Crippen LogP contribution >= 0.6 is 0 Å². The third kappa shape index (κ3) is 11.3. The highest BCUT2D eigenvalue weighted by molar-refractivity contribution is 7.90. The third-order valence-corrected chi connectivity index (χ3v) is 20.3. The molecule has 0 bridgehead atoms. The van der Waals surface area contributed by atoms with E-state index in [-0.39, 0.29) is 47.4 Å². The van der Waals surface area contributed by atoms with Crippen LogP contribution in [-0.2, 0) is 21.3 Å². The number of aromatic amines is 1. The summed E-state index contributed by atoms with van der Waals surface area (Å²) in [6.07, 6.45) is 10.7. The zero-order valence-corrected chi connectivity index (χ0v) is 50.2. The van der Waals surface area contributed by atoms with E-state index in [0.717, 1.165) is 117 Å². The normalized spacial score (nSPS) is 23.6. The summed E-state index contributed by atoms with van der Waals surface area (Å²) in [5, 5.41) is 27.9. The number of aliphatic hydroxyl groups is 1. The van der Waals surface area contributed by atoms with Crippen LogP contribution in [0.1, 0.15) is 112 Å². The fraction of sp³-hybridized carbons (Fsp3) is 0.484. The molecule has 86 heavy (non-hydrogen) atoms. The number of nitrogens with zero attached hydrogens (tertiary/aromatic N) is 7. The molecule has 454 valence electrons. The smallest absolute Gasteiger partial charge is 0.293 e. The second-order valence-electron chi connectivity index (χ2n) is 25.2. The number of para-hydroxylation sites is 1. The van der Waals surface area contributed by atoms with E-state index < -0.39 is 43.1 Å². The lowest BCUT2D eigenvalue weighted by atomic mass is 9.59. The van der Waals surface area contributed by atoms with Crippen molar-refractivity contribution in [3.63, 3.8) is 0 Å². The minimum Gasteiger partial charge on any atom is -0.491 e. The van der Waals surface area contributed by atoms with Gasteiger partial charge in [0.15, 0.2) is 5.58 Å². The number of carbonyl (C=O) groups excluding carboxylic acids is 1. The minimum absolute atomic E-state index is 0.0184. The average Bonchev–Trinajstić information content (AvgIpc) is 1.46. The van der Waals surface area contributed by atoms with Crippen molar-refractivity contribution in [1.82, 2.24) is 29.5 Å². The first-order valence-corrected chi connectivity index (χ1v) is 31.8. The predicted molar refractivity (Wildman–Crippen MR) is 326 cm³/mol. The molecule has 1 amide bonds. The molecule has 4 aromatic heterocycles. The van der Waals surface area contributed by atoms with Gasteiger partial charge in [0.1, 0.15) is 34.6 Å². The molecule has 21 nitrogen and oxygen atoms in total. The third-order valence-electron chi connectivity index (χ3n) is 19.0. The van der Waals surface area contributed by atoms with Crippen molar-refractivity contribution in [3.8, 4) is 17.5 Å². The molecule has 4 aliphatic heterocycles. The Balaban J connectivity index is 0.757. The average molecular weight is 1190 g/mol. The Hall–Kier alpha value is -7.50. The predicted octanol–water partition coefficient (Wildman–Crippen LogP) is 10.2. The maximum atomic E-state index is 14.9. The van der Waals surface area contributed by atoms with Gasteiger partial charge in [-0.25, -0.2) is 18.1 Å². The zero-order valence-electron chi connectivity index (χ0n) is 49.4. The fourth-order valence-corrected chi connectivity index (χ4v) is 15.4. The van der Waals surface area contributed by atoms with Crippen LogP contribution < -0.4 is 34.0 Å². The number of benzene rings is 3. The van der Waals surface area contributed by atoms with Crippen LogP contribution in [0.25, 0.3) is 22.0 Å². The summed E-state index contributed by atoms with van der Waals surface area (Å²) in [4.78, 5) is 48.7. The van der Waals surface area contributed by atoms with Crippen molar-refractivity contribution in [3.05, 3.63) is 124 Å². The van der Waals surface area contributed by atoms with E-state index in [1.165, 1.54) is 17.7 Å². The SMILES string of the molecule is COc1ncc(CN2CCN(C3CC4(CCN(c5ccc(C(=O)NS(=O)(=O)c6ccc(NC[C@H]7CC[C@](C)(O)CC7)c([N+](=O)[O-])c6)c(N6c7cc8cc[nH]c8nc7O[C@H]7COCC[C@@H]76)c5)CC4)C3)[C@@H](c3ccccc3OC(C)C)C2)c2cc(C)oc12. The number of nitrogens with one attached hydrogen (secondary N) is 3. The summed E-state index contributed by atoms with van der Waals surface area (Å²) in [5.41, 5.74) is 4.86. The van der Waals surface area contributed by atoms with E-state index in [0.29, 0.717) is 72.8 Å². The molecule has 2 aliphatic carbocycles. The van der Waals surface area contributed by atoms with Gasteiger partial charge in [-0.1, -0.05) is 18.2 Å². The minimum atomic E-state index is -4.66. The summed E-state index contributed by atoms with van der Waals surface area (Å²) < 4.78 is 61.6. The van der Waals surface area contributed by atoms with Crippen molar-refractivity contribution in [1.29, 1.82) is 0 Å². The first-order chi connectivity index (χ1) is 41.4. The molecule has 5 fully saturated rings. The number of H-pyrrole nitrogens is 1. The molecule has 13 rings (SSSR count). The van der Waals surface area contributed by atoms with Gasteiger partial charge in [0.2, 0.25) is 5.88 Å². The summed E-state index contributed by atoms with van der Waals surface area (Å²) in [6, 6.07) is 23.9. The lowest BCUT2D eigenvalue weighted by Gasteiger charge is -2.58. The van der Waals surface area contributed by atoms with Gasteiger partial charge in [-0.2, -0.15) is 4.98 Å². The molecule has 7 aromatic rings. The summed E-state index contributed by atoms with van der Waals surface area (Å²) in [6.45, 7) is 14.0. The number of hydrogen-bond donors (Lipinski definition) is 4. The Labute approximate surface area is 500 Å². The number of methoxy groups -OCH3 is 1. The Morgan fingerprint density at radius 1 is 0.977 bits per heavy atom. The quantitative estimate of drug-likeness (QED) is 0.0519. The number of fused-ring (bicyclic) bond motifs is 4. The number of amides is 1. The molecule has 3 aromatic carbocycles. The molecule has 22 heteroatoms. The van der Waals surface area contributed by atoms with E-state index in [4.69, 9.17) is 28.3 Å². The van der Waals surface area contributed by atoms with Crippen molar-refractivity contribution < 1.29 is 46.6 Å². The van der Waals surface area contributed by atoms with Crippen molar-refractivity contribution in [2.45, 2.75) is 133 Å². The highest BCUT2D eigenvalue weighted by atomic mass is 32.2. The van der Waals surface area contributed by atoms with Gasteiger partial charge in [-0.3, -0.25) is 24.7 Å². The lowest BCUT2D eigenvalue weighted by molar-refractivity contribution is -0.384. The van der Waals surface area contributed by atoms with Gasteiger partial charge in [-0.05, 0) is 157 Å². The number of piperidine rings is 1. The number of pyridine rings is 2. The van der Waals surface area contributed by atoms with Crippen LogP contribution in [-0.4, -0.2) is 139 Å². The Kier molecular flexibility index (Phi) is 15.4. The zero-order chi connectivity index (χ0) is 59.6. The van der Waals surface area contributed by atoms with Crippen molar-refractivity contribution >= 4 is 66.4 Å². The molecule has 2 saturated carbocycles. The highest BCUT2D eigenvalue weighted by Crippen LogP contribution is 2.54. The van der Waals surface area contributed by atoms with E-state index in [2.05, 4.69) is 83.8 Å². The Morgan fingerprint density at radius 3 is 2.56 bits per heavy atom. The molecule has 0 radical (unpaired) electrons. The number of sulfonamides is 1. The summed E-state index contributed by atoms with van der Waals surface area (Å²) in [5.74, 6) is 1.86. The Bertz CT molecular complexity index is 3800. The summed E-state index contributed by atoms with van der Waals surface area (Å²) >= 11 is 0. The molecule has 0 unspecified atom stereocenters. The first-order valence-electron chi connectivity index (χ1n) is 30.3. The number of anilines is 4. The molecule has 4 N–H and O–H groups in total. The molecular weight excluding hydrogens is 1120 g/mol. The number of nitro benzene ring substituents is 1. The molecule has 1 spiro atoms. The molecular formula is C64H76N10O11S. The van der Waals surface area contributed by atoms with E-state index in [1.807, 2.05) is 44.3 Å². The van der Waals surface area contributed by atoms with E-state index in [1.54, 1.807) is 19.4 Å². The maximum Gasteiger partial charge on any atom is 0.293 e. The topological polar surface area (TPSA) is 243 Å². The second kappa shape index (κ2) is 23.0. The van der Waals surface area contributed by atoms with Crippen molar-refractivity contribution in [2.24, 2.45) is 11.3 Å². The van der Waals surface area contributed by atoms with Crippen LogP contribution in [0.4, 0.5) is 28.4 Å². The lowest BCUT2D eigenvalue weighted by Crippen LogP contribution is -2.59. The number of ether oxygens (including phenoxy) is 4. The van der Waals surface area contributed by atoms with Crippen LogP contribution in [0, 0.1) is 28.4 Å². The molecule has 6 aliphatic rings. The standard InChI is InChI=1S/C64H76N10O11S/c1-39(2)83-56-9-7-6-8-47(56)55-37-70(36-43-35-67-62(81-5)58-49(43)28-40(3)84-58)25-26-72(55)45-32-64(33-45)20-23-71(24-21-64)44-10-12-48(52(30-44)73-51-17-27-82-38-57(51)85-61-54(73)29-42-16-22-65-59(42)68-61)60(75)69-86(79,80)46-11-13-50(53(31-46)74(77)78)66-34-41-14-18-63(4,76)19-15-41/h6-13,16,22,28-31,35,39,41,45,51,55,57,66,76H,14-15,17-21,23-27,32-34,36-38H2,1-5H3,(H,65,68)(H,69,75)/t41-,51-,55+,57-,63-/m0/s1. The van der Waals surface area contributed by atoms with Gasteiger partial charge >= 0.3 is 0 Å². The van der Waals surface area contributed by atoms with Crippen LogP contribution in [0.2, 0.25) is 0 Å². The van der Waals surface area contributed by atoms with Gasteiger partial charge in [0.05, 0.1) is 58.6 Å². The number of rotatable bonds is 16. The number of aryl methyl sites for hydroxylation is 1. The van der Waals surface area contributed by atoms with Gasteiger partial charge in [0, 0.05) is 98.9 Å². The Morgan fingerprint density at radius 2 is 1.78 bits per heavy atom. The number of piperazine rings is 1. The van der Waals surface area contributed by atoms with E-state index in [9.17, 15) is 28.4 Å². The number of hydrogen-bond acceptors (Lipinski definition) is 18. The van der Waals surface area contributed by atoms with Crippen LogP contribution in [0.15, 0.2) is 101 Å². The highest BCUT2D eigenvalue weighted by Gasteiger charge is 2.51. The van der Waals surface area contributed by atoms with Crippen LogP contribution in [0.3, 0.4) is 0 Å². The molecule has 3 saturated heterocycles. The van der Waals surface area contributed by atoms with Gasteiger partial charge in [0.25, 0.3) is 27.5 Å². The van der Waals surface area contributed by atoms with Crippen molar-refractivity contribution in [2.75, 3.05) is 74.7 Å². The van der Waals surface area contributed by atoms with Crippen LogP contribution in [0.5, 0.6) is 17.5 Å².